The van der Waals surface area contributed by atoms with E-state index in [1.807, 2.05) is 11.9 Å². The van der Waals surface area contributed by atoms with E-state index in [0.717, 1.165) is 18.9 Å². The molecule has 1 aromatic heterocycles. The molecule has 1 fully saturated rings. The number of hydrogen-bond donors (Lipinski definition) is 1. The number of likely N-dealkylation sites (N-methyl/N-ethyl adjacent to an activating group) is 1. The van der Waals surface area contributed by atoms with Crippen LogP contribution in [0.15, 0.2) is 6.20 Å². The first-order chi connectivity index (χ1) is 9.15. The van der Waals surface area contributed by atoms with Gasteiger partial charge in [-0.1, -0.05) is 5.21 Å². The highest BCUT2D eigenvalue weighted by Gasteiger charge is 2.18. The average molecular weight is 265 g/mol. The van der Waals surface area contributed by atoms with Gasteiger partial charge in [-0.05, 0) is 45.3 Å². The first-order valence-corrected chi connectivity index (χ1v) is 6.93. The van der Waals surface area contributed by atoms with Gasteiger partial charge in [-0.3, -0.25) is 9.89 Å². The molecule has 0 saturated carbocycles. The van der Waals surface area contributed by atoms with Crippen LogP contribution in [0.2, 0.25) is 0 Å². The minimum Gasteiger partial charge on any atom is -0.345 e. The first-order valence-electron chi connectivity index (χ1n) is 6.93. The summed E-state index contributed by atoms with van der Waals surface area (Å²) in [5.74, 6) is 0.875. The van der Waals surface area contributed by atoms with E-state index in [9.17, 15) is 4.79 Å². The maximum atomic E-state index is 12.0. The zero-order valence-corrected chi connectivity index (χ0v) is 11.8. The highest BCUT2D eigenvalue weighted by molar-refractivity contribution is 5.77. The molecule has 1 aromatic rings. The Morgan fingerprint density at radius 1 is 1.53 bits per heavy atom. The highest BCUT2D eigenvalue weighted by atomic mass is 16.2. The third kappa shape index (κ3) is 4.31. The number of nitrogens with one attached hydrogen (secondary N) is 1. The number of hydrogen-bond acceptors (Lipinski definition) is 4. The Kier molecular flexibility index (Phi) is 4.90. The van der Waals surface area contributed by atoms with E-state index in [2.05, 4.69) is 27.4 Å². The van der Waals surface area contributed by atoms with Crippen molar-refractivity contribution in [3.63, 3.8) is 0 Å². The minimum atomic E-state index is 0.113. The van der Waals surface area contributed by atoms with Crippen LogP contribution >= 0.6 is 0 Å². The fraction of sp³-hybridized carbons (Fsp3) is 0.769. The van der Waals surface area contributed by atoms with E-state index in [0.29, 0.717) is 12.1 Å². The lowest BCUT2D eigenvalue weighted by atomic mass is 9.93. The SMILES string of the molecule is CN1CCC(CCN(C)C(=O)Cc2c[nH]nn2)CC1. The van der Waals surface area contributed by atoms with E-state index < -0.39 is 0 Å². The number of carbonyl (C=O) groups excluding carboxylic acids is 1. The van der Waals surface area contributed by atoms with Gasteiger partial charge in [0.1, 0.15) is 0 Å². The van der Waals surface area contributed by atoms with Gasteiger partial charge < -0.3 is 9.80 Å². The largest absolute Gasteiger partial charge is 0.345 e. The van der Waals surface area contributed by atoms with Crippen LogP contribution in [0.3, 0.4) is 0 Å². The van der Waals surface area contributed by atoms with Gasteiger partial charge in [0.05, 0.1) is 12.1 Å². The van der Waals surface area contributed by atoms with Crippen molar-refractivity contribution in [2.75, 3.05) is 33.7 Å². The Balaban J connectivity index is 1.69. The minimum absolute atomic E-state index is 0.113. The van der Waals surface area contributed by atoms with E-state index in [4.69, 9.17) is 0 Å². The maximum absolute atomic E-state index is 12.0. The van der Waals surface area contributed by atoms with Crippen LogP contribution in [0.25, 0.3) is 0 Å². The summed E-state index contributed by atoms with van der Waals surface area (Å²) in [6.45, 7) is 3.20. The Morgan fingerprint density at radius 3 is 2.89 bits per heavy atom. The zero-order chi connectivity index (χ0) is 13.7. The van der Waals surface area contributed by atoms with Crippen molar-refractivity contribution in [3.05, 3.63) is 11.9 Å². The summed E-state index contributed by atoms with van der Waals surface area (Å²) in [6, 6.07) is 0. The van der Waals surface area contributed by atoms with E-state index in [-0.39, 0.29) is 5.91 Å². The molecule has 0 bridgehead atoms. The molecule has 0 aromatic carbocycles. The second-order valence-electron chi connectivity index (χ2n) is 5.49. The Hall–Kier alpha value is -1.43. The molecule has 0 aliphatic carbocycles. The van der Waals surface area contributed by atoms with Crippen molar-refractivity contribution in [1.29, 1.82) is 0 Å². The van der Waals surface area contributed by atoms with Gasteiger partial charge in [0.25, 0.3) is 0 Å². The molecule has 0 spiro atoms. The number of carbonyl (C=O) groups is 1. The smallest absolute Gasteiger partial charge is 0.228 e. The molecule has 6 heteroatoms. The predicted octanol–water partition coefficient (Wildman–Crippen LogP) is 0.537. The standard InChI is InChI=1S/C13H23N5O/c1-17-6-3-11(4-7-17)5-8-18(2)13(19)9-12-10-14-16-15-12/h10-11H,3-9H2,1-2H3,(H,14,15,16). The van der Waals surface area contributed by atoms with E-state index in [1.54, 1.807) is 6.20 Å². The van der Waals surface area contributed by atoms with Crippen LogP contribution in [0.5, 0.6) is 0 Å². The molecule has 6 nitrogen and oxygen atoms in total. The first kappa shape index (κ1) is 14.0. The average Bonchev–Trinajstić information content (AvgIpc) is 2.90. The van der Waals surface area contributed by atoms with Crippen molar-refractivity contribution in [2.45, 2.75) is 25.7 Å². The second-order valence-corrected chi connectivity index (χ2v) is 5.49. The number of nitrogens with zero attached hydrogens (tertiary/aromatic N) is 4. The van der Waals surface area contributed by atoms with Crippen LogP contribution in [0.4, 0.5) is 0 Å². The molecule has 1 aliphatic heterocycles. The van der Waals surface area contributed by atoms with Gasteiger partial charge in [0.15, 0.2) is 0 Å². The van der Waals surface area contributed by atoms with Gasteiger partial charge in [-0.2, -0.15) is 0 Å². The molecule has 0 atom stereocenters. The molecule has 106 valence electrons. The summed E-state index contributed by atoms with van der Waals surface area (Å²) >= 11 is 0. The molecular weight excluding hydrogens is 242 g/mol. The van der Waals surface area contributed by atoms with Crippen LogP contribution in [0, 0.1) is 5.92 Å². The Labute approximate surface area is 114 Å². The summed E-state index contributed by atoms with van der Waals surface area (Å²) < 4.78 is 0. The van der Waals surface area contributed by atoms with E-state index >= 15 is 0 Å². The fourth-order valence-electron chi connectivity index (χ4n) is 2.45. The predicted molar refractivity (Wildman–Crippen MR) is 72.6 cm³/mol. The van der Waals surface area contributed by atoms with Gasteiger partial charge in [-0.15, -0.1) is 5.10 Å². The number of aromatic nitrogens is 3. The molecule has 1 amide bonds. The van der Waals surface area contributed by atoms with Gasteiger partial charge in [0.2, 0.25) is 5.91 Å². The van der Waals surface area contributed by atoms with Crippen molar-refractivity contribution in [2.24, 2.45) is 5.92 Å². The van der Waals surface area contributed by atoms with Crippen LogP contribution in [-0.2, 0) is 11.2 Å². The van der Waals surface area contributed by atoms with Crippen LogP contribution in [-0.4, -0.2) is 64.8 Å². The molecule has 0 unspecified atom stereocenters. The molecule has 0 radical (unpaired) electrons. The Bertz CT molecular complexity index is 384. The van der Waals surface area contributed by atoms with Crippen LogP contribution < -0.4 is 0 Å². The number of rotatable bonds is 5. The normalized spacial score (nSPS) is 17.6. The molecule has 2 heterocycles. The molecule has 1 aliphatic rings. The monoisotopic (exact) mass is 265 g/mol. The summed E-state index contributed by atoms with van der Waals surface area (Å²) in [5.41, 5.74) is 0.705. The van der Waals surface area contributed by atoms with Crippen molar-refractivity contribution in [1.82, 2.24) is 25.2 Å². The lowest BCUT2D eigenvalue weighted by molar-refractivity contribution is -0.129. The van der Waals surface area contributed by atoms with Gasteiger partial charge in [0, 0.05) is 19.8 Å². The maximum Gasteiger partial charge on any atom is 0.228 e. The van der Waals surface area contributed by atoms with Crippen LogP contribution in [0.1, 0.15) is 25.0 Å². The molecular formula is C13H23N5O. The summed E-state index contributed by atoms with van der Waals surface area (Å²) in [5, 5.41) is 10.1. The fourth-order valence-corrected chi connectivity index (χ4v) is 2.45. The lowest BCUT2D eigenvalue weighted by Gasteiger charge is -2.30. The van der Waals surface area contributed by atoms with Gasteiger partial charge >= 0.3 is 0 Å². The zero-order valence-electron chi connectivity index (χ0n) is 11.8. The molecule has 19 heavy (non-hydrogen) atoms. The number of H-pyrrole nitrogens is 1. The van der Waals surface area contributed by atoms with Crippen molar-refractivity contribution < 1.29 is 4.79 Å². The summed E-state index contributed by atoms with van der Waals surface area (Å²) in [7, 11) is 4.04. The number of piperidine rings is 1. The highest BCUT2D eigenvalue weighted by Crippen LogP contribution is 2.19. The molecule has 1 N–H and O–H groups in total. The topological polar surface area (TPSA) is 65.1 Å². The van der Waals surface area contributed by atoms with Gasteiger partial charge in [-0.25, -0.2) is 0 Å². The third-order valence-electron chi connectivity index (χ3n) is 3.94. The number of aromatic amines is 1. The lowest BCUT2D eigenvalue weighted by Crippen LogP contribution is -2.34. The van der Waals surface area contributed by atoms with E-state index in [1.165, 1.54) is 25.9 Å². The number of likely N-dealkylation sites (tertiary alicyclic amines) is 1. The third-order valence-corrected chi connectivity index (χ3v) is 3.94. The number of amides is 1. The summed E-state index contributed by atoms with van der Waals surface area (Å²) in [6.07, 6.45) is 5.61. The quantitative estimate of drug-likeness (QED) is 0.844. The molecule has 2 rings (SSSR count). The van der Waals surface area contributed by atoms with Crippen molar-refractivity contribution >= 4 is 5.91 Å². The summed E-state index contributed by atoms with van der Waals surface area (Å²) in [4.78, 5) is 16.2. The molecule has 1 saturated heterocycles. The second kappa shape index (κ2) is 6.65. The van der Waals surface area contributed by atoms with Crippen molar-refractivity contribution in [3.8, 4) is 0 Å². The Morgan fingerprint density at radius 2 is 2.26 bits per heavy atom.